The number of hydrogen-bond acceptors (Lipinski definition) is 3. The van der Waals surface area contributed by atoms with Gasteiger partial charge >= 0.3 is 0 Å². The molecular formula is C6H12N2O2. The first-order valence-corrected chi connectivity index (χ1v) is 3.37. The van der Waals surface area contributed by atoms with Crippen molar-refractivity contribution in [2.75, 3.05) is 19.6 Å². The third-order valence-electron chi connectivity index (χ3n) is 1.63. The van der Waals surface area contributed by atoms with Gasteiger partial charge in [0.2, 0.25) is 5.91 Å². The highest BCUT2D eigenvalue weighted by Gasteiger charge is 2.20. The number of β-amino-alcohol motifs (C(OH)–C–C–N with tert-alkyl or cyclic N) is 1. The molecule has 0 spiro atoms. The van der Waals surface area contributed by atoms with Crippen LogP contribution in [0.1, 0.15) is 6.42 Å². The highest BCUT2D eigenvalue weighted by Crippen LogP contribution is 2.06. The van der Waals surface area contributed by atoms with Gasteiger partial charge in [0.25, 0.3) is 0 Å². The summed E-state index contributed by atoms with van der Waals surface area (Å²) in [5.74, 6) is -0.325. The predicted molar refractivity (Wildman–Crippen MR) is 36.3 cm³/mol. The van der Waals surface area contributed by atoms with E-state index >= 15 is 0 Å². The van der Waals surface area contributed by atoms with Gasteiger partial charge in [0.15, 0.2) is 0 Å². The molecule has 1 heterocycles. The van der Waals surface area contributed by atoms with Gasteiger partial charge in [0, 0.05) is 13.1 Å². The van der Waals surface area contributed by atoms with E-state index < -0.39 is 0 Å². The van der Waals surface area contributed by atoms with Gasteiger partial charge in [-0.1, -0.05) is 0 Å². The minimum atomic E-state index is -0.325. The Labute approximate surface area is 59.6 Å². The van der Waals surface area contributed by atoms with Crippen LogP contribution in [0.4, 0.5) is 0 Å². The van der Waals surface area contributed by atoms with E-state index in [1.54, 1.807) is 0 Å². The Morgan fingerprint density at radius 3 is 2.90 bits per heavy atom. The van der Waals surface area contributed by atoms with E-state index in [4.69, 9.17) is 10.8 Å². The Kier molecular flexibility index (Phi) is 2.24. The Hall–Kier alpha value is -0.610. The molecule has 58 valence electrons. The number of carbonyl (C=O) groups is 1. The quantitative estimate of drug-likeness (QED) is 0.497. The number of rotatable bonds is 2. The average Bonchev–Trinajstić information content (AvgIpc) is 2.13. The second-order valence-corrected chi connectivity index (χ2v) is 2.64. The van der Waals surface area contributed by atoms with Gasteiger partial charge in [-0.3, -0.25) is 9.69 Å². The van der Waals surface area contributed by atoms with E-state index in [1.165, 1.54) is 0 Å². The molecule has 1 fully saturated rings. The number of aliphatic hydroxyl groups is 1. The van der Waals surface area contributed by atoms with Crippen LogP contribution in [-0.4, -0.2) is 41.7 Å². The lowest BCUT2D eigenvalue weighted by Gasteiger charge is -2.10. The van der Waals surface area contributed by atoms with Crippen molar-refractivity contribution in [1.82, 2.24) is 4.90 Å². The van der Waals surface area contributed by atoms with Crippen LogP contribution in [0.5, 0.6) is 0 Å². The second kappa shape index (κ2) is 2.98. The molecule has 0 saturated carbocycles. The van der Waals surface area contributed by atoms with Gasteiger partial charge < -0.3 is 10.8 Å². The smallest absolute Gasteiger partial charge is 0.231 e. The molecule has 0 radical (unpaired) electrons. The maximum absolute atomic E-state index is 10.4. The van der Waals surface area contributed by atoms with Crippen LogP contribution in [0.3, 0.4) is 0 Å². The number of likely N-dealkylation sites (tertiary alicyclic amines) is 1. The van der Waals surface area contributed by atoms with Crippen molar-refractivity contribution >= 4 is 5.91 Å². The topological polar surface area (TPSA) is 66.6 Å². The molecule has 0 aliphatic carbocycles. The number of hydrogen-bond donors (Lipinski definition) is 2. The second-order valence-electron chi connectivity index (χ2n) is 2.64. The predicted octanol–water partition coefficient (Wildman–Crippen LogP) is -1.46. The summed E-state index contributed by atoms with van der Waals surface area (Å²) < 4.78 is 0. The van der Waals surface area contributed by atoms with Crippen molar-refractivity contribution in [1.29, 1.82) is 0 Å². The van der Waals surface area contributed by atoms with Crippen LogP contribution in [0.2, 0.25) is 0 Å². The molecule has 1 atom stereocenters. The number of amides is 1. The van der Waals surface area contributed by atoms with Crippen LogP contribution in [0.25, 0.3) is 0 Å². The Bertz CT molecular complexity index is 138. The molecule has 1 aliphatic rings. The minimum Gasteiger partial charge on any atom is -0.392 e. The summed E-state index contributed by atoms with van der Waals surface area (Å²) in [4.78, 5) is 12.2. The third-order valence-corrected chi connectivity index (χ3v) is 1.63. The summed E-state index contributed by atoms with van der Waals surface area (Å²) in [6, 6.07) is 0. The Balaban J connectivity index is 2.24. The number of nitrogens with two attached hydrogens (primary N) is 1. The lowest BCUT2D eigenvalue weighted by Crippen LogP contribution is -2.32. The van der Waals surface area contributed by atoms with Crippen molar-refractivity contribution < 1.29 is 9.90 Å². The van der Waals surface area contributed by atoms with Crippen LogP contribution >= 0.6 is 0 Å². The lowest BCUT2D eigenvalue weighted by atomic mass is 10.3. The summed E-state index contributed by atoms with van der Waals surface area (Å²) in [7, 11) is 0. The molecule has 3 N–H and O–H groups in total. The summed E-state index contributed by atoms with van der Waals surface area (Å²) in [5.41, 5.74) is 4.96. The van der Waals surface area contributed by atoms with Gasteiger partial charge in [-0.25, -0.2) is 0 Å². The number of aliphatic hydroxyl groups excluding tert-OH is 1. The van der Waals surface area contributed by atoms with Gasteiger partial charge in [0.05, 0.1) is 12.6 Å². The fourth-order valence-corrected chi connectivity index (χ4v) is 1.18. The van der Waals surface area contributed by atoms with E-state index in [0.29, 0.717) is 6.54 Å². The first kappa shape index (κ1) is 7.50. The summed E-state index contributed by atoms with van der Waals surface area (Å²) in [6.45, 7) is 1.64. The van der Waals surface area contributed by atoms with Crippen molar-refractivity contribution in [2.45, 2.75) is 12.5 Å². The van der Waals surface area contributed by atoms with E-state index in [0.717, 1.165) is 13.0 Å². The maximum atomic E-state index is 10.4. The molecule has 0 bridgehead atoms. The van der Waals surface area contributed by atoms with Crippen LogP contribution in [0.15, 0.2) is 0 Å². The van der Waals surface area contributed by atoms with Gasteiger partial charge in [-0.2, -0.15) is 0 Å². The molecule has 0 aromatic carbocycles. The molecule has 0 unspecified atom stereocenters. The fourth-order valence-electron chi connectivity index (χ4n) is 1.18. The third kappa shape index (κ3) is 1.97. The van der Waals surface area contributed by atoms with Gasteiger partial charge in [-0.05, 0) is 6.42 Å². The minimum absolute atomic E-state index is 0.264. The van der Waals surface area contributed by atoms with E-state index in [9.17, 15) is 4.79 Å². The van der Waals surface area contributed by atoms with E-state index in [1.807, 2.05) is 4.90 Å². The Morgan fingerprint density at radius 2 is 2.50 bits per heavy atom. The largest absolute Gasteiger partial charge is 0.392 e. The zero-order chi connectivity index (χ0) is 7.56. The zero-order valence-electron chi connectivity index (χ0n) is 5.79. The molecule has 1 rings (SSSR count). The zero-order valence-corrected chi connectivity index (χ0v) is 5.79. The van der Waals surface area contributed by atoms with Crippen molar-refractivity contribution in [3.63, 3.8) is 0 Å². The van der Waals surface area contributed by atoms with Crippen LogP contribution in [0, 0.1) is 0 Å². The fraction of sp³-hybridized carbons (Fsp3) is 0.833. The molecule has 1 saturated heterocycles. The van der Waals surface area contributed by atoms with E-state index in [-0.39, 0.29) is 18.6 Å². The summed E-state index contributed by atoms with van der Waals surface area (Å²) in [6.07, 6.45) is 0.493. The van der Waals surface area contributed by atoms with Crippen molar-refractivity contribution in [2.24, 2.45) is 5.73 Å². The number of nitrogens with zero attached hydrogens (tertiary/aromatic N) is 1. The molecule has 1 amide bonds. The summed E-state index contributed by atoms with van der Waals surface area (Å²) in [5, 5.41) is 9.02. The highest BCUT2D eigenvalue weighted by molar-refractivity contribution is 5.75. The van der Waals surface area contributed by atoms with Crippen molar-refractivity contribution in [3.8, 4) is 0 Å². The number of carbonyl (C=O) groups excluding carboxylic acids is 1. The molecule has 0 aromatic heterocycles. The number of primary amides is 1. The summed E-state index contributed by atoms with van der Waals surface area (Å²) >= 11 is 0. The normalized spacial score (nSPS) is 27.1. The first-order chi connectivity index (χ1) is 4.68. The average molecular weight is 144 g/mol. The van der Waals surface area contributed by atoms with Crippen LogP contribution < -0.4 is 5.73 Å². The molecule has 1 aliphatic heterocycles. The molecule has 4 nitrogen and oxygen atoms in total. The van der Waals surface area contributed by atoms with E-state index in [2.05, 4.69) is 0 Å². The van der Waals surface area contributed by atoms with Crippen LogP contribution in [-0.2, 0) is 4.79 Å². The standard InChI is InChI=1S/C6H12N2O2/c7-6(10)4-8-2-1-5(9)3-8/h5,9H,1-4H2,(H2,7,10)/t5-/m1/s1. The highest BCUT2D eigenvalue weighted by atomic mass is 16.3. The molecule has 4 heteroatoms. The molecule has 0 aromatic rings. The monoisotopic (exact) mass is 144 g/mol. The SMILES string of the molecule is NC(=O)CN1CC[C@@H](O)C1. The lowest BCUT2D eigenvalue weighted by molar-refractivity contribution is -0.118. The van der Waals surface area contributed by atoms with Gasteiger partial charge in [0.1, 0.15) is 0 Å². The maximum Gasteiger partial charge on any atom is 0.231 e. The Morgan fingerprint density at radius 1 is 1.80 bits per heavy atom. The van der Waals surface area contributed by atoms with Crippen molar-refractivity contribution in [3.05, 3.63) is 0 Å². The molecular weight excluding hydrogens is 132 g/mol. The first-order valence-electron chi connectivity index (χ1n) is 3.37. The molecule has 10 heavy (non-hydrogen) atoms. The van der Waals surface area contributed by atoms with Gasteiger partial charge in [-0.15, -0.1) is 0 Å².